The number of fused-ring (bicyclic) bond motifs is 3. The van der Waals surface area contributed by atoms with Crippen LogP contribution in [0.5, 0.6) is 0 Å². The van der Waals surface area contributed by atoms with E-state index in [0.29, 0.717) is 16.1 Å². The fourth-order valence-electron chi connectivity index (χ4n) is 4.56. The molecule has 1 radical (unpaired) electrons. The number of rotatable bonds is 5. The third kappa shape index (κ3) is 7.44. The molecule has 0 aliphatic heterocycles. The number of benzene rings is 2. The number of nitrogens with zero attached hydrogens (tertiary/aromatic N) is 3. The summed E-state index contributed by atoms with van der Waals surface area (Å²) in [6, 6.07) is 25.9. The van der Waals surface area contributed by atoms with Crippen molar-refractivity contribution >= 4 is 49.3 Å². The molecule has 217 valence electrons. The minimum absolute atomic E-state index is 0. The summed E-state index contributed by atoms with van der Waals surface area (Å²) in [6.45, 7) is -0.612. The Morgan fingerprint density at radius 3 is 2.50 bits per heavy atom. The first-order valence-electron chi connectivity index (χ1n) is 17.5. The Kier molecular flexibility index (Phi) is 7.45. The van der Waals surface area contributed by atoms with Gasteiger partial charge >= 0.3 is 128 Å². The first-order valence-corrected chi connectivity index (χ1v) is 21.6. The van der Waals surface area contributed by atoms with Gasteiger partial charge in [0, 0.05) is 40.2 Å². The number of aromatic nitrogens is 3. The number of hydrogen-bond acceptors (Lipinski definition) is 4. The second-order valence-corrected chi connectivity index (χ2v) is 22.7. The van der Waals surface area contributed by atoms with Crippen LogP contribution in [-0.2, 0) is 26.5 Å². The Bertz CT molecular complexity index is 2110. The SMILES string of the molecule is [2H]C([2H])([2H])c1ccnc(-c2[c-]ccc3c2sc2nc(C([2H])([2H])[2H])ccc23)c1.[2H]C([2H])(c1cc(-c2[c-]cccc2)nc[c]1[Ge]([CH3])([CH3])[CH3])C(C)C.[Ir]. The van der Waals surface area contributed by atoms with Crippen LogP contribution in [0.15, 0.2) is 79.1 Å². The predicted molar refractivity (Wildman–Crippen MR) is 179 cm³/mol. The summed E-state index contributed by atoms with van der Waals surface area (Å²) in [6.07, 6.45) is 2.04. The average molecular weight is 817 g/mol. The molecule has 0 amide bonds. The van der Waals surface area contributed by atoms with Crippen LogP contribution >= 0.6 is 11.3 Å². The molecule has 0 aliphatic carbocycles. The van der Waals surface area contributed by atoms with E-state index in [1.54, 1.807) is 18.2 Å². The molecule has 6 rings (SSSR count). The molecule has 2 aromatic carbocycles. The Hall–Kier alpha value is -2.70. The van der Waals surface area contributed by atoms with Crippen LogP contribution in [0.1, 0.15) is 41.6 Å². The maximum atomic E-state index is 8.56. The Morgan fingerprint density at radius 1 is 0.929 bits per heavy atom. The van der Waals surface area contributed by atoms with Gasteiger partial charge in [-0.05, 0) is 41.6 Å². The molecule has 0 N–H and O–H groups in total. The molecule has 0 fully saturated rings. The molecule has 0 atom stereocenters. The summed E-state index contributed by atoms with van der Waals surface area (Å²) in [7, 11) is 0. The van der Waals surface area contributed by atoms with Gasteiger partial charge in [-0.2, -0.15) is 11.3 Å². The smallest absolute Gasteiger partial charge is 0 e. The monoisotopic (exact) mass is 818 g/mol. The van der Waals surface area contributed by atoms with E-state index in [4.69, 9.17) is 11.0 Å². The quantitative estimate of drug-likeness (QED) is 0.129. The molecule has 0 saturated carbocycles. The minimum atomic E-state index is -2.27. The van der Waals surface area contributed by atoms with Crippen molar-refractivity contribution in [2.45, 2.75) is 51.2 Å². The fraction of sp³-hybridized carbons (Fsp3) is 0.250. The normalized spacial score (nSPS) is 15.1. The number of hydrogen-bond donors (Lipinski definition) is 0. The van der Waals surface area contributed by atoms with Crippen LogP contribution < -0.4 is 4.40 Å². The van der Waals surface area contributed by atoms with E-state index in [-0.39, 0.29) is 37.3 Å². The Labute approximate surface area is 281 Å². The van der Waals surface area contributed by atoms with E-state index in [1.807, 2.05) is 56.4 Å². The summed E-state index contributed by atoms with van der Waals surface area (Å²) in [5, 5.41) is 1.76. The maximum Gasteiger partial charge on any atom is 0 e. The van der Waals surface area contributed by atoms with Gasteiger partial charge in [-0.1, -0.05) is 23.1 Å². The van der Waals surface area contributed by atoms with Crippen molar-refractivity contribution in [3.63, 3.8) is 0 Å². The van der Waals surface area contributed by atoms with Gasteiger partial charge in [0.15, 0.2) is 0 Å². The largest absolute Gasteiger partial charge is 0 e. The number of pyridine rings is 3. The molecule has 4 heterocycles. The summed E-state index contributed by atoms with van der Waals surface area (Å²) >= 11 is -0.849. The maximum absolute atomic E-state index is 8.56. The van der Waals surface area contributed by atoms with Crippen molar-refractivity contribution < 1.29 is 31.1 Å². The number of thiophene rings is 1. The second kappa shape index (κ2) is 13.7. The molecule has 0 bridgehead atoms. The minimum Gasteiger partial charge on any atom is 0 e. The molecule has 3 nitrogen and oxygen atoms in total. The average Bonchev–Trinajstić information content (AvgIpc) is 3.42. The Morgan fingerprint density at radius 2 is 1.79 bits per heavy atom. The van der Waals surface area contributed by atoms with Crippen LogP contribution in [0.25, 0.3) is 42.8 Å². The van der Waals surface area contributed by atoms with E-state index in [1.165, 1.54) is 29.7 Å². The van der Waals surface area contributed by atoms with Crippen molar-refractivity contribution in [2.75, 3.05) is 0 Å². The predicted octanol–water partition coefficient (Wildman–Crippen LogP) is 9.22. The van der Waals surface area contributed by atoms with E-state index >= 15 is 0 Å². The third-order valence-corrected chi connectivity index (χ3v) is 11.8. The van der Waals surface area contributed by atoms with Gasteiger partial charge in [-0.15, -0.1) is 23.8 Å². The van der Waals surface area contributed by atoms with Crippen molar-refractivity contribution in [3.05, 3.63) is 108 Å². The first kappa shape index (κ1) is 22.8. The molecule has 42 heavy (non-hydrogen) atoms. The molecule has 6 heteroatoms. The van der Waals surface area contributed by atoms with Crippen LogP contribution in [0.2, 0.25) is 17.3 Å². The van der Waals surface area contributed by atoms with E-state index in [9.17, 15) is 0 Å². The van der Waals surface area contributed by atoms with Crippen molar-refractivity contribution in [3.8, 4) is 22.5 Å². The van der Waals surface area contributed by atoms with Crippen LogP contribution in [0.4, 0.5) is 0 Å². The zero-order valence-electron chi connectivity index (χ0n) is 32.2. The van der Waals surface area contributed by atoms with Crippen molar-refractivity contribution in [1.82, 2.24) is 15.0 Å². The van der Waals surface area contributed by atoms with E-state index in [0.717, 1.165) is 36.7 Å². The molecule has 0 unspecified atom stereocenters. The topological polar surface area (TPSA) is 38.7 Å². The van der Waals surface area contributed by atoms with Gasteiger partial charge in [0.05, 0.1) is 0 Å². The molecule has 0 aliphatic rings. The molecule has 4 aromatic heterocycles. The molecule has 0 spiro atoms. The summed E-state index contributed by atoms with van der Waals surface area (Å²) < 4.78 is 64.6. The molecule has 6 aromatic rings. The van der Waals surface area contributed by atoms with Gasteiger partial charge < -0.3 is 4.98 Å². The van der Waals surface area contributed by atoms with Crippen LogP contribution in [0.3, 0.4) is 0 Å². The molecular formula is C36H37GeIrN3S-2. The third-order valence-electron chi connectivity index (χ3n) is 6.46. The van der Waals surface area contributed by atoms with Gasteiger partial charge in [0.2, 0.25) is 0 Å². The van der Waals surface area contributed by atoms with Gasteiger partial charge in [0.1, 0.15) is 4.83 Å². The first-order chi connectivity index (χ1) is 22.8. The standard InChI is InChI=1S/C18H24GeN.C18H13N2S.Ir/c1-14(2)11-16-12-18(15-9-7-6-8-10-15)20-13-17(16)19(3,4)5;1-11-8-9-19-16(10-11)15-5-3-4-13-14-7-6-12(2)20-18(14)21-17(13)15;/h6-9,12-14H,11H2,1-5H3;3-4,6-10H,1-2H3;/q2*-1;/i11D2;1D3,2D3;. The molecule has 0 saturated heterocycles. The van der Waals surface area contributed by atoms with Crippen LogP contribution in [-0.4, -0.2) is 28.2 Å². The fourth-order valence-corrected chi connectivity index (χ4v) is 8.69. The number of aryl methyl sites for hydroxylation is 2. The zero-order chi connectivity index (χ0) is 35.9. The van der Waals surface area contributed by atoms with Crippen LogP contribution in [0, 0.1) is 31.8 Å². The van der Waals surface area contributed by atoms with E-state index < -0.39 is 33.3 Å². The summed E-state index contributed by atoms with van der Waals surface area (Å²) in [5.41, 5.74) is 3.98. The van der Waals surface area contributed by atoms with Crippen molar-refractivity contribution in [1.29, 1.82) is 0 Å². The van der Waals surface area contributed by atoms with Gasteiger partial charge in [-0.25, -0.2) is 4.98 Å². The Balaban J connectivity index is 0.000000225. The van der Waals surface area contributed by atoms with E-state index in [2.05, 4.69) is 44.4 Å². The van der Waals surface area contributed by atoms with Gasteiger partial charge in [0.25, 0.3) is 0 Å². The van der Waals surface area contributed by atoms with Gasteiger partial charge in [-0.3, -0.25) is 0 Å². The second-order valence-electron chi connectivity index (χ2n) is 11.1. The zero-order valence-corrected chi connectivity index (χ0v) is 29.5. The molecular weight excluding hydrogens is 771 g/mol. The summed E-state index contributed by atoms with van der Waals surface area (Å²) in [5.74, 6) is 6.77. The van der Waals surface area contributed by atoms with Crippen molar-refractivity contribution in [2.24, 2.45) is 5.92 Å². The summed E-state index contributed by atoms with van der Waals surface area (Å²) in [4.78, 5) is 13.8.